The Hall–Kier alpha value is -7.20. The second kappa shape index (κ2) is 11.9. The molecule has 0 spiro atoms. The first-order valence-corrected chi connectivity index (χ1v) is 20.8. The summed E-state index contributed by atoms with van der Waals surface area (Å²) in [6.45, 7) is 0. The molecule has 1 aliphatic rings. The maximum Gasteiger partial charge on any atom is 0.0714 e. The number of rotatable bonds is 4. The van der Waals surface area contributed by atoms with E-state index in [4.69, 9.17) is 0 Å². The van der Waals surface area contributed by atoms with Crippen molar-refractivity contribution in [2.75, 3.05) is 0 Å². The fourth-order valence-electron chi connectivity index (χ4n) is 10.5. The quantitative estimate of drug-likeness (QED) is 0.169. The molecule has 0 atom stereocenters. The van der Waals surface area contributed by atoms with E-state index in [0.29, 0.717) is 0 Å². The van der Waals surface area contributed by atoms with E-state index < -0.39 is 5.41 Å². The molecule has 0 amide bonds. The molecule has 58 heavy (non-hydrogen) atoms. The van der Waals surface area contributed by atoms with Gasteiger partial charge in [0.15, 0.2) is 0 Å². The monoisotopic (exact) mass is 754 g/mol. The average Bonchev–Trinajstić information content (AvgIpc) is 4.01. The van der Waals surface area contributed by atoms with Crippen molar-refractivity contribution in [3.05, 3.63) is 229 Å². The highest BCUT2D eigenvalue weighted by Crippen LogP contribution is 2.57. The zero-order valence-corrected chi connectivity index (χ0v) is 32.2. The van der Waals surface area contributed by atoms with Gasteiger partial charge in [0.1, 0.15) is 0 Å². The Morgan fingerprint density at radius 2 is 0.948 bits per heavy atom. The fourth-order valence-corrected chi connectivity index (χ4v) is 11.6. The maximum absolute atomic E-state index is 2.51. The number of nitrogens with zero attached hydrogens (tertiary/aromatic N) is 2. The van der Waals surface area contributed by atoms with Crippen LogP contribution in [0.5, 0.6) is 0 Å². The second-order valence-electron chi connectivity index (χ2n) is 15.6. The molecular formula is C55H34N2S. The highest BCUT2D eigenvalue weighted by atomic mass is 32.1. The molecule has 0 radical (unpaired) electrons. The molecule has 9 aromatic carbocycles. The summed E-state index contributed by atoms with van der Waals surface area (Å²) in [5, 5.41) is 7.77. The standard InChI is InChI=1S/C55H34N2S/c1-4-16-35(17-5-1)55(36-18-6-2-7-19-36)45-25-13-10-22-39(45)40-29-28-38(32-46(40)55)57-47-26-14-11-23-41(47)43-33-44-50(34-49(43)57)56(37-20-8-3-9-21-37)48-30-31-52-54(53(44)48)42-24-12-15-27-51(42)58-52/h1-34H. The van der Waals surface area contributed by atoms with Gasteiger partial charge in [-0.2, -0.15) is 0 Å². The lowest BCUT2D eigenvalue weighted by Gasteiger charge is -2.34. The highest BCUT2D eigenvalue weighted by Gasteiger charge is 2.46. The lowest BCUT2D eigenvalue weighted by Crippen LogP contribution is -2.28. The Labute approximate surface area is 339 Å². The Morgan fingerprint density at radius 1 is 0.328 bits per heavy atom. The average molecular weight is 755 g/mol. The number of aromatic nitrogens is 2. The molecule has 0 N–H and O–H groups in total. The van der Waals surface area contributed by atoms with Crippen molar-refractivity contribution in [3.8, 4) is 22.5 Å². The van der Waals surface area contributed by atoms with Crippen molar-refractivity contribution in [1.29, 1.82) is 0 Å². The normalized spacial score (nSPS) is 13.3. The van der Waals surface area contributed by atoms with Crippen LogP contribution in [-0.4, -0.2) is 9.13 Å². The minimum atomic E-state index is -0.481. The molecule has 0 aliphatic heterocycles. The van der Waals surface area contributed by atoms with Gasteiger partial charge in [0.2, 0.25) is 0 Å². The van der Waals surface area contributed by atoms with Crippen molar-refractivity contribution in [1.82, 2.24) is 9.13 Å². The molecule has 1 aliphatic carbocycles. The zero-order chi connectivity index (χ0) is 38.0. The van der Waals surface area contributed by atoms with Gasteiger partial charge < -0.3 is 9.13 Å². The van der Waals surface area contributed by atoms with Crippen LogP contribution >= 0.6 is 11.3 Å². The van der Waals surface area contributed by atoms with Crippen molar-refractivity contribution in [2.45, 2.75) is 5.41 Å². The summed E-state index contributed by atoms with van der Waals surface area (Å²) in [6.07, 6.45) is 0. The third kappa shape index (κ3) is 4.16. The maximum atomic E-state index is 2.51. The lowest BCUT2D eigenvalue weighted by atomic mass is 9.67. The van der Waals surface area contributed by atoms with Crippen LogP contribution < -0.4 is 0 Å². The van der Waals surface area contributed by atoms with Gasteiger partial charge in [-0.25, -0.2) is 0 Å². The number of hydrogen-bond acceptors (Lipinski definition) is 1. The number of benzene rings is 9. The van der Waals surface area contributed by atoms with E-state index in [2.05, 4.69) is 215 Å². The summed E-state index contributed by atoms with van der Waals surface area (Å²) in [6, 6.07) is 76.7. The Morgan fingerprint density at radius 3 is 1.74 bits per heavy atom. The molecule has 3 aromatic heterocycles. The molecule has 12 aromatic rings. The van der Waals surface area contributed by atoms with Crippen LogP contribution in [-0.2, 0) is 5.41 Å². The van der Waals surface area contributed by atoms with Gasteiger partial charge in [-0.1, -0.05) is 146 Å². The number of hydrogen-bond donors (Lipinski definition) is 0. The van der Waals surface area contributed by atoms with Crippen molar-refractivity contribution in [2.24, 2.45) is 0 Å². The van der Waals surface area contributed by atoms with Gasteiger partial charge in [-0.15, -0.1) is 11.3 Å². The van der Waals surface area contributed by atoms with Gasteiger partial charge in [0.25, 0.3) is 0 Å². The second-order valence-corrected chi connectivity index (χ2v) is 16.7. The summed E-state index contributed by atoms with van der Waals surface area (Å²) < 4.78 is 7.64. The van der Waals surface area contributed by atoms with Crippen LogP contribution in [0.3, 0.4) is 0 Å². The van der Waals surface area contributed by atoms with Gasteiger partial charge in [-0.3, -0.25) is 0 Å². The predicted molar refractivity (Wildman–Crippen MR) is 245 cm³/mol. The minimum Gasteiger partial charge on any atom is -0.309 e. The van der Waals surface area contributed by atoms with Crippen LogP contribution in [0.15, 0.2) is 206 Å². The van der Waals surface area contributed by atoms with Crippen LogP contribution in [0.2, 0.25) is 0 Å². The SMILES string of the molecule is c1ccc(-n2c3cc4c(cc3c3c5c(ccc32)sc2ccccc25)c2ccccc2n4-c2ccc3c(c2)C(c2ccccc2)(c2ccccc2)c2ccccc2-3)cc1. The Bertz CT molecular complexity index is 3570. The molecule has 2 nitrogen and oxygen atoms in total. The van der Waals surface area contributed by atoms with Crippen LogP contribution in [0, 0.1) is 0 Å². The van der Waals surface area contributed by atoms with Gasteiger partial charge in [0.05, 0.1) is 27.5 Å². The van der Waals surface area contributed by atoms with Crippen molar-refractivity contribution >= 4 is 75.1 Å². The number of thiophene rings is 1. The smallest absolute Gasteiger partial charge is 0.0714 e. The van der Waals surface area contributed by atoms with E-state index in [0.717, 1.165) is 11.4 Å². The topological polar surface area (TPSA) is 9.86 Å². The van der Waals surface area contributed by atoms with E-state index in [9.17, 15) is 0 Å². The van der Waals surface area contributed by atoms with Crippen molar-refractivity contribution in [3.63, 3.8) is 0 Å². The molecule has 0 bridgehead atoms. The zero-order valence-electron chi connectivity index (χ0n) is 31.4. The fraction of sp³-hybridized carbons (Fsp3) is 0.0182. The van der Waals surface area contributed by atoms with E-state index in [1.54, 1.807) is 0 Å². The molecule has 270 valence electrons. The van der Waals surface area contributed by atoms with Crippen molar-refractivity contribution < 1.29 is 0 Å². The number of fused-ring (bicyclic) bond motifs is 13. The van der Waals surface area contributed by atoms with Gasteiger partial charge in [-0.05, 0) is 94.0 Å². The first-order valence-electron chi connectivity index (χ1n) is 20.0. The summed E-state index contributed by atoms with van der Waals surface area (Å²) in [5.41, 5.74) is 14.4. The number of para-hydroxylation sites is 2. The van der Waals surface area contributed by atoms with Gasteiger partial charge in [0, 0.05) is 53.1 Å². The first-order chi connectivity index (χ1) is 28.8. The molecule has 0 saturated heterocycles. The molecule has 3 heterocycles. The predicted octanol–water partition coefficient (Wildman–Crippen LogP) is 14.6. The Balaban J connectivity index is 1.16. The van der Waals surface area contributed by atoms with Crippen LogP contribution in [0.25, 0.3) is 86.3 Å². The molecule has 0 saturated carbocycles. The van der Waals surface area contributed by atoms with E-state index in [1.165, 1.54) is 97.2 Å². The summed E-state index contributed by atoms with van der Waals surface area (Å²) >= 11 is 1.89. The van der Waals surface area contributed by atoms with E-state index in [-0.39, 0.29) is 0 Å². The lowest BCUT2D eigenvalue weighted by molar-refractivity contribution is 0.767. The molecular weight excluding hydrogens is 721 g/mol. The summed E-state index contributed by atoms with van der Waals surface area (Å²) in [5.74, 6) is 0. The van der Waals surface area contributed by atoms with Crippen LogP contribution in [0.4, 0.5) is 0 Å². The Kier molecular flexibility index (Phi) is 6.56. The molecule has 3 heteroatoms. The highest BCUT2D eigenvalue weighted by molar-refractivity contribution is 7.26. The molecule has 0 fully saturated rings. The third-order valence-corrected chi connectivity index (χ3v) is 13.9. The van der Waals surface area contributed by atoms with Crippen LogP contribution in [0.1, 0.15) is 22.3 Å². The summed E-state index contributed by atoms with van der Waals surface area (Å²) in [7, 11) is 0. The minimum absolute atomic E-state index is 0.481. The third-order valence-electron chi connectivity index (χ3n) is 12.8. The largest absolute Gasteiger partial charge is 0.309 e. The van der Waals surface area contributed by atoms with E-state index in [1.807, 2.05) is 11.3 Å². The summed E-state index contributed by atoms with van der Waals surface area (Å²) in [4.78, 5) is 0. The first kappa shape index (κ1) is 31.9. The van der Waals surface area contributed by atoms with Gasteiger partial charge >= 0.3 is 0 Å². The molecule has 13 rings (SSSR count). The van der Waals surface area contributed by atoms with E-state index >= 15 is 0 Å². The molecule has 0 unspecified atom stereocenters.